The molecule has 0 unspecified atom stereocenters. The van der Waals surface area contributed by atoms with Crippen LogP contribution in [0.2, 0.25) is 0 Å². The van der Waals surface area contributed by atoms with Crippen LogP contribution in [0.1, 0.15) is 26.7 Å². The average molecular weight is 128 g/mol. The molecule has 1 fully saturated rings. The monoisotopic (exact) mass is 128 g/mol. The Morgan fingerprint density at radius 1 is 1.67 bits per heavy atom. The minimum atomic E-state index is -0.633. The third-order valence-electron chi connectivity index (χ3n) is 2.32. The Hall–Kier alpha value is -0.530. The highest BCUT2D eigenvalue weighted by Crippen LogP contribution is 2.45. The zero-order valence-electron chi connectivity index (χ0n) is 5.85. The van der Waals surface area contributed by atoms with Crippen LogP contribution in [0, 0.1) is 11.3 Å². The third-order valence-corrected chi connectivity index (χ3v) is 2.32. The van der Waals surface area contributed by atoms with E-state index in [1.54, 1.807) is 0 Å². The molecular formula is C7H12O2. The van der Waals surface area contributed by atoms with Crippen molar-refractivity contribution in [3.05, 3.63) is 0 Å². The minimum absolute atomic E-state index is 0.0613. The summed E-state index contributed by atoms with van der Waals surface area (Å²) in [5.41, 5.74) is 0.0613. The number of hydrogen-bond donors (Lipinski definition) is 1. The smallest absolute Gasteiger partial charge is 0.307 e. The summed E-state index contributed by atoms with van der Waals surface area (Å²) >= 11 is 0. The van der Waals surface area contributed by atoms with Gasteiger partial charge in [-0.25, -0.2) is 0 Å². The van der Waals surface area contributed by atoms with Crippen LogP contribution >= 0.6 is 0 Å². The van der Waals surface area contributed by atoms with E-state index in [-0.39, 0.29) is 11.3 Å². The molecule has 0 aliphatic heterocycles. The predicted octanol–water partition coefficient (Wildman–Crippen LogP) is 1.51. The SMILES string of the molecule is CC1(C)CC[C@H]1C(=O)O. The van der Waals surface area contributed by atoms with Crippen molar-refractivity contribution in [3.8, 4) is 0 Å². The average Bonchev–Trinajstić information content (AvgIpc) is 1.62. The van der Waals surface area contributed by atoms with Gasteiger partial charge in [0.15, 0.2) is 0 Å². The molecule has 1 N–H and O–H groups in total. The molecule has 0 radical (unpaired) electrons. The van der Waals surface area contributed by atoms with E-state index in [0.717, 1.165) is 12.8 Å². The molecule has 0 aromatic heterocycles. The Bertz CT molecular complexity index is 138. The molecule has 0 aromatic rings. The Morgan fingerprint density at radius 3 is 2.22 bits per heavy atom. The maximum Gasteiger partial charge on any atom is 0.307 e. The second-order valence-electron chi connectivity index (χ2n) is 3.42. The Balaban J connectivity index is 2.55. The van der Waals surface area contributed by atoms with Crippen LogP contribution < -0.4 is 0 Å². The van der Waals surface area contributed by atoms with Crippen LogP contribution in [0.3, 0.4) is 0 Å². The topological polar surface area (TPSA) is 37.3 Å². The van der Waals surface area contributed by atoms with Gasteiger partial charge in [-0.05, 0) is 18.3 Å². The first-order valence-corrected chi connectivity index (χ1v) is 3.27. The highest BCUT2D eigenvalue weighted by molar-refractivity contribution is 5.72. The van der Waals surface area contributed by atoms with Gasteiger partial charge >= 0.3 is 5.97 Å². The van der Waals surface area contributed by atoms with Gasteiger partial charge in [-0.15, -0.1) is 0 Å². The van der Waals surface area contributed by atoms with E-state index in [2.05, 4.69) is 0 Å². The van der Waals surface area contributed by atoms with Crippen LogP contribution in [-0.4, -0.2) is 11.1 Å². The van der Waals surface area contributed by atoms with E-state index >= 15 is 0 Å². The maximum atomic E-state index is 10.4. The van der Waals surface area contributed by atoms with Gasteiger partial charge in [0, 0.05) is 0 Å². The molecule has 0 heterocycles. The van der Waals surface area contributed by atoms with Crippen molar-refractivity contribution in [2.75, 3.05) is 0 Å². The van der Waals surface area contributed by atoms with Gasteiger partial charge in [0.1, 0.15) is 0 Å². The lowest BCUT2D eigenvalue weighted by Crippen LogP contribution is -2.39. The van der Waals surface area contributed by atoms with Crippen molar-refractivity contribution in [1.82, 2.24) is 0 Å². The molecule has 0 spiro atoms. The first kappa shape index (κ1) is 6.59. The summed E-state index contributed by atoms with van der Waals surface area (Å²) in [5, 5.41) is 8.57. The summed E-state index contributed by atoms with van der Waals surface area (Å²) < 4.78 is 0. The van der Waals surface area contributed by atoms with Crippen molar-refractivity contribution < 1.29 is 9.90 Å². The standard InChI is InChI=1S/C7H12O2/c1-7(2)4-3-5(7)6(8)9/h5H,3-4H2,1-2H3,(H,8,9)/t5-/m0/s1. The lowest BCUT2D eigenvalue weighted by atomic mass is 9.63. The van der Waals surface area contributed by atoms with Crippen LogP contribution in [0.5, 0.6) is 0 Å². The van der Waals surface area contributed by atoms with Crippen molar-refractivity contribution in [2.45, 2.75) is 26.7 Å². The van der Waals surface area contributed by atoms with Gasteiger partial charge in [0.2, 0.25) is 0 Å². The molecule has 1 rings (SSSR count). The van der Waals surface area contributed by atoms with Gasteiger partial charge in [-0.2, -0.15) is 0 Å². The summed E-state index contributed by atoms with van der Waals surface area (Å²) in [6, 6.07) is 0. The second-order valence-corrected chi connectivity index (χ2v) is 3.42. The Kier molecular flexibility index (Phi) is 1.26. The van der Waals surface area contributed by atoms with Gasteiger partial charge in [0.25, 0.3) is 0 Å². The summed E-state index contributed by atoms with van der Waals surface area (Å²) in [7, 11) is 0. The van der Waals surface area contributed by atoms with Gasteiger partial charge in [-0.1, -0.05) is 13.8 Å². The van der Waals surface area contributed by atoms with Crippen LogP contribution in [0.25, 0.3) is 0 Å². The van der Waals surface area contributed by atoms with Crippen molar-refractivity contribution in [2.24, 2.45) is 11.3 Å². The lowest BCUT2D eigenvalue weighted by Gasteiger charge is -2.41. The van der Waals surface area contributed by atoms with Gasteiger partial charge in [0.05, 0.1) is 5.92 Å². The Labute approximate surface area is 54.9 Å². The van der Waals surface area contributed by atoms with E-state index < -0.39 is 5.97 Å². The van der Waals surface area contributed by atoms with E-state index in [9.17, 15) is 4.79 Å². The maximum absolute atomic E-state index is 10.4. The Morgan fingerprint density at radius 2 is 2.22 bits per heavy atom. The molecule has 9 heavy (non-hydrogen) atoms. The van der Waals surface area contributed by atoms with Crippen LogP contribution in [0.4, 0.5) is 0 Å². The minimum Gasteiger partial charge on any atom is -0.481 e. The molecule has 2 heteroatoms. The lowest BCUT2D eigenvalue weighted by molar-refractivity contribution is -0.152. The van der Waals surface area contributed by atoms with Gasteiger partial charge in [-0.3, -0.25) is 4.79 Å². The molecule has 2 nitrogen and oxygen atoms in total. The molecule has 1 saturated carbocycles. The number of rotatable bonds is 1. The van der Waals surface area contributed by atoms with Crippen molar-refractivity contribution in [3.63, 3.8) is 0 Å². The third kappa shape index (κ3) is 0.934. The molecule has 0 aromatic carbocycles. The van der Waals surface area contributed by atoms with Gasteiger partial charge < -0.3 is 5.11 Å². The zero-order chi connectivity index (χ0) is 7.07. The predicted molar refractivity (Wildman–Crippen MR) is 34.1 cm³/mol. The van der Waals surface area contributed by atoms with Crippen LogP contribution in [0.15, 0.2) is 0 Å². The van der Waals surface area contributed by atoms with E-state index in [1.807, 2.05) is 13.8 Å². The fraction of sp³-hybridized carbons (Fsp3) is 0.857. The summed E-state index contributed by atoms with van der Waals surface area (Å²) in [5.74, 6) is -0.719. The van der Waals surface area contributed by atoms with Crippen molar-refractivity contribution in [1.29, 1.82) is 0 Å². The first-order chi connectivity index (χ1) is 4.04. The molecule has 1 aliphatic carbocycles. The fourth-order valence-electron chi connectivity index (χ4n) is 1.32. The second kappa shape index (κ2) is 1.72. The van der Waals surface area contributed by atoms with Crippen LogP contribution in [-0.2, 0) is 4.79 Å². The normalized spacial score (nSPS) is 31.1. The molecule has 1 atom stereocenters. The first-order valence-electron chi connectivity index (χ1n) is 3.27. The number of hydrogen-bond acceptors (Lipinski definition) is 1. The highest BCUT2D eigenvalue weighted by Gasteiger charge is 2.43. The van der Waals surface area contributed by atoms with E-state index in [4.69, 9.17) is 5.11 Å². The van der Waals surface area contributed by atoms with E-state index in [0.29, 0.717) is 0 Å². The fourth-order valence-corrected chi connectivity index (χ4v) is 1.32. The number of carbonyl (C=O) groups is 1. The molecule has 52 valence electrons. The van der Waals surface area contributed by atoms with E-state index in [1.165, 1.54) is 0 Å². The summed E-state index contributed by atoms with van der Waals surface area (Å²) in [6.07, 6.45) is 1.92. The molecule has 0 bridgehead atoms. The number of aliphatic carboxylic acids is 1. The molecule has 1 aliphatic rings. The summed E-state index contributed by atoms with van der Waals surface area (Å²) in [4.78, 5) is 10.4. The van der Waals surface area contributed by atoms with Crippen molar-refractivity contribution >= 4 is 5.97 Å². The molecule has 0 saturated heterocycles. The molecule has 0 amide bonds. The number of carboxylic acids is 1. The quantitative estimate of drug-likeness (QED) is 0.581. The largest absolute Gasteiger partial charge is 0.481 e. The zero-order valence-corrected chi connectivity index (χ0v) is 5.85. The highest BCUT2D eigenvalue weighted by atomic mass is 16.4. The molecular weight excluding hydrogens is 116 g/mol. The summed E-state index contributed by atoms with van der Waals surface area (Å²) in [6.45, 7) is 4.02. The number of carboxylic acid groups (broad SMARTS) is 1.